The highest BCUT2D eigenvalue weighted by Gasteiger charge is 2.24. The molecule has 1 aromatic heterocycles. The van der Waals surface area contributed by atoms with E-state index in [1.54, 1.807) is 18.2 Å². The van der Waals surface area contributed by atoms with Crippen LogP contribution in [0.15, 0.2) is 47.3 Å². The van der Waals surface area contributed by atoms with Crippen LogP contribution < -0.4 is 15.7 Å². The fraction of sp³-hybridized carbons (Fsp3) is 0.318. The average Bonchev–Trinajstić information content (AvgIpc) is 2.80. The lowest BCUT2D eigenvalue weighted by Crippen LogP contribution is -2.37. The third kappa shape index (κ3) is 3.98. The van der Waals surface area contributed by atoms with Crippen LogP contribution in [0.5, 0.6) is 5.75 Å². The van der Waals surface area contributed by atoms with Crippen LogP contribution >= 0.6 is 0 Å². The molecule has 1 aliphatic rings. The Hall–Kier alpha value is -3.75. The third-order valence-electron chi connectivity index (χ3n) is 5.62. The number of nitrogens with one attached hydrogen (secondary N) is 1. The Bertz CT molecular complexity index is 1210. The Morgan fingerprint density at radius 3 is 2.65 bits per heavy atom. The van der Waals surface area contributed by atoms with Gasteiger partial charge in [-0.25, -0.2) is 9.66 Å². The van der Waals surface area contributed by atoms with E-state index in [4.69, 9.17) is 9.72 Å². The average molecular weight is 422 g/mol. The van der Waals surface area contributed by atoms with Gasteiger partial charge in [0.05, 0.1) is 22.9 Å². The summed E-state index contributed by atoms with van der Waals surface area (Å²) in [7, 11) is 1.32. The molecule has 0 radical (unpaired) electrons. The number of nitro benzene ring substituents is 1. The molecule has 9 heteroatoms. The summed E-state index contributed by atoms with van der Waals surface area (Å²) in [6, 6.07) is 10.9. The fourth-order valence-corrected chi connectivity index (χ4v) is 4.03. The number of amides is 1. The van der Waals surface area contributed by atoms with Gasteiger partial charge in [0.15, 0.2) is 5.75 Å². The monoisotopic (exact) mass is 422 g/mol. The third-order valence-corrected chi connectivity index (χ3v) is 5.62. The molecule has 0 spiro atoms. The number of nitrogens with zero attached hydrogens (tertiary/aromatic N) is 3. The molecule has 0 saturated heterocycles. The second-order valence-corrected chi connectivity index (χ2v) is 7.55. The molecular weight excluding hydrogens is 400 g/mol. The van der Waals surface area contributed by atoms with Crippen LogP contribution in [0, 0.1) is 10.1 Å². The van der Waals surface area contributed by atoms with E-state index in [9.17, 15) is 19.7 Å². The molecule has 1 amide bonds. The number of nitro groups is 1. The van der Waals surface area contributed by atoms with Crippen LogP contribution in [0.3, 0.4) is 0 Å². The molecule has 1 fully saturated rings. The number of benzene rings is 2. The van der Waals surface area contributed by atoms with E-state index in [1.807, 2.05) is 6.07 Å². The zero-order valence-electron chi connectivity index (χ0n) is 17.0. The molecule has 1 aliphatic carbocycles. The Labute approximate surface area is 177 Å². The maximum Gasteiger partial charge on any atom is 0.311 e. The molecule has 0 aliphatic heterocycles. The van der Waals surface area contributed by atoms with Crippen molar-refractivity contribution in [2.45, 2.75) is 38.0 Å². The molecule has 9 nitrogen and oxygen atoms in total. The number of carbonyl (C=O) groups excluding carboxylic acids is 1. The van der Waals surface area contributed by atoms with E-state index in [-0.39, 0.29) is 28.5 Å². The second kappa shape index (κ2) is 8.55. The minimum Gasteiger partial charge on any atom is -0.490 e. The Balaban J connectivity index is 1.77. The second-order valence-electron chi connectivity index (χ2n) is 7.55. The Morgan fingerprint density at radius 2 is 1.94 bits per heavy atom. The molecule has 31 heavy (non-hydrogen) atoms. The maximum atomic E-state index is 13.2. The highest BCUT2D eigenvalue weighted by Crippen LogP contribution is 2.32. The van der Waals surface area contributed by atoms with Gasteiger partial charge in [-0.3, -0.25) is 25.1 Å². The predicted octanol–water partition coefficient (Wildman–Crippen LogP) is 3.74. The van der Waals surface area contributed by atoms with Crippen LogP contribution in [0.25, 0.3) is 10.9 Å². The Kier molecular flexibility index (Phi) is 5.66. The topological polar surface area (TPSA) is 116 Å². The van der Waals surface area contributed by atoms with Crippen molar-refractivity contribution in [2.75, 3.05) is 12.5 Å². The molecule has 160 valence electrons. The molecule has 1 heterocycles. The molecular formula is C22H22N4O5. The first kappa shape index (κ1) is 20.5. The van der Waals surface area contributed by atoms with Crippen LogP contribution in [0.2, 0.25) is 0 Å². The van der Waals surface area contributed by atoms with Crippen molar-refractivity contribution in [3.63, 3.8) is 0 Å². The van der Waals surface area contributed by atoms with Crippen molar-refractivity contribution >= 4 is 22.5 Å². The molecule has 1 saturated carbocycles. The minimum atomic E-state index is -0.637. The van der Waals surface area contributed by atoms with Crippen molar-refractivity contribution in [3.8, 4) is 5.75 Å². The van der Waals surface area contributed by atoms with E-state index in [0.717, 1.165) is 38.2 Å². The molecule has 0 atom stereocenters. The van der Waals surface area contributed by atoms with Gasteiger partial charge >= 0.3 is 5.69 Å². The van der Waals surface area contributed by atoms with Crippen molar-refractivity contribution in [1.82, 2.24) is 9.66 Å². The van der Waals surface area contributed by atoms with Gasteiger partial charge in [0.25, 0.3) is 11.5 Å². The Morgan fingerprint density at radius 1 is 1.19 bits per heavy atom. The summed E-state index contributed by atoms with van der Waals surface area (Å²) in [6.07, 6.45) is 4.97. The van der Waals surface area contributed by atoms with Gasteiger partial charge in [-0.1, -0.05) is 31.4 Å². The highest BCUT2D eigenvalue weighted by molar-refractivity contribution is 6.00. The number of rotatable bonds is 5. The summed E-state index contributed by atoms with van der Waals surface area (Å²) >= 11 is 0. The maximum absolute atomic E-state index is 13.2. The largest absolute Gasteiger partial charge is 0.490 e. The normalized spacial score (nSPS) is 14.4. The fourth-order valence-electron chi connectivity index (χ4n) is 4.03. The van der Waals surface area contributed by atoms with Gasteiger partial charge in [-0.2, -0.15) is 0 Å². The van der Waals surface area contributed by atoms with Crippen LogP contribution in [0.1, 0.15) is 54.2 Å². The predicted molar refractivity (Wildman–Crippen MR) is 115 cm³/mol. The SMILES string of the molecule is COc1ccc(C(=O)Nn2c(C3CCCCC3)nc3ccccc3c2=O)cc1[N+](=O)[O-]. The van der Waals surface area contributed by atoms with Gasteiger partial charge in [0, 0.05) is 17.5 Å². The first-order valence-electron chi connectivity index (χ1n) is 10.1. The molecule has 2 aromatic carbocycles. The number of methoxy groups -OCH3 is 1. The summed E-state index contributed by atoms with van der Waals surface area (Å²) in [4.78, 5) is 41.5. The zero-order chi connectivity index (χ0) is 22.0. The standard InChI is InChI=1S/C22H22N4O5/c1-31-19-12-11-15(13-18(19)26(29)30)21(27)24-25-20(14-7-3-2-4-8-14)23-17-10-6-5-9-16(17)22(25)28/h5-6,9-14H,2-4,7-8H2,1H3,(H,24,27). The lowest BCUT2D eigenvalue weighted by atomic mass is 9.88. The lowest BCUT2D eigenvalue weighted by Gasteiger charge is -2.24. The summed E-state index contributed by atoms with van der Waals surface area (Å²) in [5, 5.41) is 11.7. The van der Waals surface area contributed by atoms with Gasteiger partial charge in [0.1, 0.15) is 5.82 Å². The van der Waals surface area contributed by atoms with Crippen molar-refractivity contribution < 1.29 is 14.5 Å². The van der Waals surface area contributed by atoms with Crippen molar-refractivity contribution in [1.29, 1.82) is 0 Å². The van der Waals surface area contributed by atoms with Gasteiger partial charge in [0.2, 0.25) is 0 Å². The number of hydrogen-bond donors (Lipinski definition) is 1. The summed E-state index contributed by atoms with van der Waals surface area (Å²) < 4.78 is 6.19. The van der Waals surface area contributed by atoms with Gasteiger partial charge in [-0.05, 0) is 37.1 Å². The van der Waals surface area contributed by atoms with E-state index < -0.39 is 10.8 Å². The molecule has 0 unspecified atom stereocenters. The van der Waals surface area contributed by atoms with Crippen molar-refractivity contribution in [3.05, 3.63) is 74.3 Å². The number of hydrogen-bond acceptors (Lipinski definition) is 6. The van der Waals surface area contributed by atoms with E-state index in [2.05, 4.69) is 5.43 Å². The molecule has 1 N–H and O–H groups in total. The number of ether oxygens (including phenoxy) is 1. The highest BCUT2D eigenvalue weighted by atomic mass is 16.6. The number of aromatic nitrogens is 2. The number of carbonyl (C=O) groups is 1. The molecule has 4 rings (SSSR count). The first-order chi connectivity index (χ1) is 15.0. The molecule has 3 aromatic rings. The summed E-state index contributed by atoms with van der Waals surface area (Å²) in [6.45, 7) is 0. The summed E-state index contributed by atoms with van der Waals surface area (Å²) in [5.74, 6) is -0.0210. The molecule has 0 bridgehead atoms. The van der Waals surface area contributed by atoms with E-state index in [0.29, 0.717) is 16.7 Å². The van der Waals surface area contributed by atoms with Crippen LogP contribution in [-0.2, 0) is 0 Å². The van der Waals surface area contributed by atoms with Crippen LogP contribution in [-0.4, -0.2) is 27.6 Å². The zero-order valence-corrected chi connectivity index (χ0v) is 17.0. The summed E-state index contributed by atoms with van der Waals surface area (Å²) in [5.41, 5.74) is 2.55. The lowest BCUT2D eigenvalue weighted by molar-refractivity contribution is -0.385. The minimum absolute atomic E-state index is 0.0437. The van der Waals surface area contributed by atoms with Gasteiger partial charge < -0.3 is 4.74 Å². The number of fused-ring (bicyclic) bond motifs is 1. The van der Waals surface area contributed by atoms with Crippen LogP contribution in [0.4, 0.5) is 5.69 Å². The number of para-hydroxylation sites is 1. The van der Waals surface area contributed by atoms with E-state index in [1.165, 1.54) is 23.9 Å². The first-order valence-corrected chi connectivity index (χ1v) is 10.1. The quantitative estimate of drug-likeness (QED) is 0.494. The van der Waals surface area contributed by atoms with Crippen molar-refractivity contribution in [2.24, 2.45) is 0 Å². The smallest absolute Gasteiger partial charge is 0.311 e. The van der Waals surface area contributed by atoms with E-state index >= 15 is 0 Å². The van der Waals surface area contributed by atoms with Gasteiger partial charge in [-0.15, -0.1) is 0 Å².